The highest BCUT2D eigenvalue weighted by atomic mass is 16.5. The summed E-state index contributed by atoms with van der Waals surface area (Å²) in [4.78, 5) is 49.9. The number of hydrogen-bond donors (Lipinski definition) is 2. The van der Waals surface area contributed by atoms with E-state index in [4.69, 9.17) is 9.47 Å². The minimum atomic E-state index is -0.635. The van der Waals surface area contributed by atoms with E-state index in [9.17, 15) is 19.2 Å². The SMILES string of the molecule is COC(=O)c1cc(NC(=O)c2ccc(OC(C)=O)cc2)cc(NC(=O)n2c3ccccc3c3ccccc32)c1. The lowest BCUT2D eigenvalue weighted by Gasteiger charge is -2.13. The lowest BCUT2D eigenvalue weighted by Crippen LogP contribution is -2.20. The van der Waals surface area contributed by atoms with Crippen molar-refractivity contribution in [2.24, 2.45) is 0 Å². The molecule has 5 rings (SSSR count). The van der Waals surface area contributed by atoms with Gasteiger partial charge in [0, 0.05) is 34.6 Å². The molecule has 9 nitrogen and oxygen atoms in total. The van der Waals surface area contributed by atoms with Gasteiger partial charge in [0.15, 0.2) is 0 Å². The summed E-state index contributed by atoms with van der Waals surface area (Å²) >= 11 is 0. The van der Waals surface area contributed by atoms with Crippen LogP contribution in [0.15, 0.2) is 91.0 Å². The molecular weight excluding hydrogens is 498 g/mol. The molecule has 0 bridgehead atoms. The second kappa shape index (κ2) is 10.5. The Morgan fingerprint density at radius 2 is 1.26 bits per heavy atom. The van der Waals surface area contributed by atoms with Crippen LogP contribution in [0.2, 0.25) is 0 Å². The van der Waals surface area contributed by atoms with Gasteiger partial charge < -0.3 is 20.1 Å². The number of methoxy groups -OCH3 is 1. The number of para-hydroxylation sites is 2. The number of nitrogens with zero attached hydrogens (tertiary/aromatic N) is 1. The number of carbonyl (C=O) groups excluding carboxylic acids is 4. The summed E-state index contributed by atoms with van der Waals surface area (Å²) in [6, 6.07) is 25.2. The largest absolute Gasteiger partial charge is 0.465 e. The zero-order chi connectivity index (χ0) is 27.5. The molecule has 2 amide bonds. The normalized spacial score (nSPS) is 10.7. The highest BCUT2D eigenvalue weighted by Crippen LogP contribution is 2.29. The minimum Gasteiger partial charge on any atom is -0.465 e. The first-order valence-electron chi connectivity index (χ1n) is 12.0. The van der Waals surface area contributed by atoms with E-state index in [0.29, 0.717) is 11.3 Å². The van der Waals surface area contributed by atoms with E-state index in [1.54, 1.807) is 10.6 Å². The Morgan fingerprint density at radius 1 is 0.692 bits per heavy atom. The van der Waals surface area contributed by atoms with E-state index in [2.05, 4.69) is 10.6 Å². The molecule has 5 aromatic rings. The molecule has 0 saturated heterocycles. The number of fused-ring (bicyclic) bond motifs is 3. The molecular formula is C30H23N3O6. The quantitative estimate of drug-likeness (QED) is 0.222. The van der Waals surface area contributed by atoms with Gasteiger partial charge in [-0.25, -0.2) is 9.59 Å². The van der Waals surface area contributed by atoms with Gasteiger partial charge in [0.2, 0.25) is 0 Å². The Labute approximate surface area is 222 Å². The third-order valence-corrected chi connectivity index (χ3v) is 6.02. The Kier molecular flexibility index (Phi) is 6.79. The molecule has 2 N–H and O–H groups in total. The maximum atomic E-state index is 13.5. The van der Waals surface area contributed by atoms with Crippen LogP contribution < -0.4 is 15.4 Å². The van der Waals surface area contributed by atoms with Crippen LogP contribution in [0.25, 0.3) is 21.8 Å². The lowest BCUT2D eigenvalue weighted by molar-refractivity contribution is -0.131. The summed E-state index contributed by atoms with van der Waals surface area (Å²) in [6.45, 7) is 1.28. The summed E-state index contributed by atoms with van der Waals surface area (Å²) in [5.74, 6) is -1.26. The monoisotopic (exact) mass is 521 g/mol. The molecule has 0 fully saturated rings. The van der Waals surface area contributed by atoms with Crippen LogP contribution in [0.1, 0.15) is 27.6 Å². The summed E-state index contributed by atoms with van der Waals surface area (Å²) in [6.07, 6.45) is 0. The number of benzene rings is 4. The predicted octanol–water partition coefficient (Wildman–Crippen LogP) is 5.84. The Bertz CT molecular complexity index is 1700. The van der Waals surface area contributed by atoms with Crippen molar-refractivity contribution >= 4 is 57.1 Å². The van der Waals surface area contributed by atoms with Crippen LogP contribution in [0, 0.1) is 0 Å². The molecule has 0 aliphatic heterocycles. The van der Waals surface area contributed by atoms with Crippen molar-refractivity contribution in [2.75, 3.05) is 17.7 Å². The second-order valence-corrected chi connectivity index (χ2v) is 8.66. The van der Waals surface area contributed by atoms with E-state index in [1.165, 1.54) is 50.4 Å². The van der Waals surface area contributed by atoms with Crippen LogP contribution in [0.3, 0.4) is 0 Å². The standard InChI is InChI=1S/C30H23N3O6/c1-18(34)39-23-13-11-19(12-14-23)28(35)31-21-15-20(29(36)38-2)16-22(17-21)32-30(37)33-26-9-5-3-7-24(26)25-8-4-6-10-27(25)33/h3-17H,1-2H3,(H,31,35)(H,32,37). The van der Waals surface area contributed by atoms with E-state index in [1.807, 2.05) is 48.5 Å². The zero-order valence-corrected chi connectivity index (χ0v) is 21.1. The van der Waals surface area contributed by atoms with Gasteiger partial charge in [-0.05, 0) is 54.6 Å². The molecule has 4 aromatic carbocycles. The molecule has 0 aliphatic rings. The van der Waals surface area contributed by atoms with Gasteiger partial charge in [0.1, 0.15) is 5.75 Å². The van der Waals surface area contributed by atoms with Gasteiger partial charge in [0.25, 0.3) is 5.91 Å². The summed E-state index contributed by atoms with van der Waals surface area (Å²) < 4.78 is 11.4. The van der Waals surface area contributed by atoms with Crippen molar-refractivity contribution in [3.63, 3.8) is 0 Å². The van der Waals surface area contributed by atoms with Crippen molar-refractivity contribution in [3.8, 4) is 5.75 Å². The number of rotatable bonds is 5. The number of esters is 2. The fraction of sp³-hybridized carbons (Fsp3) is 0.0667. The van der Waals surface area contributed by atoms with E-state index >= 15 is 0 Å². The van der Waals surface area contributed by atoms with Crippen molar-refractivity contribution < 1.29 is 28.7 Å². The van der Waals surface area contributed by atoms with E-state index < -0.39 is 23.9 Å². The highest BCUT2D eigenvalue weighted by molar-refractivity contribution is 6.15. The minimum absolute atomic E-state index is 0.137. The molecule has 9 heteroatoms. The number of amides is 2. The number of aromatic nitrogens is 1. The molecule has 0 unspecified atom stereocenters. The Hall–Kier alpha value is -5.44. The van der Waals surface area contributed by atoms with Gasteiger partial charge >= 0.3 is 18.0 Å². The lowest BCUT2D eigenvalue weighted by atomic mass is 10.1. The molecule has 0 radical (unpaired) electrons. The number of hydrogen-bond acceptors (Lipinski definition) is 6. The van der Waals surface area contributed by atoms with Gasteiger partial charge in [0.05, 0.1) is 23.7 Å². The number of nitrogens with one attached hydrogen (secondary N) is 2. The first kappa shape index (κ1) is 25.2. The predicted molar refractivity (Wildman–Crippen MR) is 147 cm³/mol. The summed E-state index contributed by atoms with van der Waals surface area (Å²) in [7, 11) is 1.24. The van der Waals surface area contributed by atoms with Crippen LogP contribution >= 0.6 is 0 Å². The molecule has 0 spiro atoms. The fourth-order valence-electron chi connectivity index (χ4n) is 4.37. The molecule has 0 atom stereocenters. The smallest absolute Gasteiger partial charge is 0.337 e. The topological polar surface area (TPSA) is 116 Å². The molecule has 1 heterocycles. The average molecular weight is 522 g/mol. The van der Waals surface area contributed by atoms with Crippen molar-refractivity contribution in [2.45, 2.75) is 6.92 Å². The molecule has 39 heavy (non-hydrogen) atoms. The van der Waals surface area contributed by atoms with Crippen molar-refractivity contribution in [3.05, 3.63) is 102 Å². The third kappa shape index (κ3) is 5.19. The van der Waals surface area contributed by atoms with Crippen molar-refractivity contribution in [1.82, 2.24) is 4.57 Å². The van der Waals surface area contributed by atoms with E-state index in [-0.39, 0.29) is 16.9 Å². The van der Waals surface area contributed by atoms with Gasteiger partial charge in [-0.3, -0.25) is 14.2 Å². The maximum absolute atomic E-state index is 13.5. The Morgan fingerprint density at radius 3 is 1.82 bits per heavy atom. The average Bonchev–Trinajstić information content (AvgIpc) is 3.27. The van der Waals surface area contributed by atoms with Crippen LogP contribution in [0.4, 0.5) is 16.2 Å². The first-order chi connectivity index (χ1) is 18.8. The zero-order valence-electron chi connectivity index (χ0n) is 21.1. The maximum Gasteiger partial charge on any atom is 0.337 e. The third-order valence-electron chi connectivity index (χ3n) is 6.02. The van der Waals surface area contributed by atoms with Crippen LogP contribution in [-0.2, 0) is 9.53 Å². The highest BCUT2D eigenvalue weighted by Gasteiger charge is 2.18. The fourth-order valence-corrected chi connectivity index (χ4v) is 4.37. The van der Waals surface area contributed by atoms with E-state index in [0.717, 1.165) is 21.8 Å². The number of anilines is 2. The molecule has 194 valence electrons. The first-order valence-corrected chi connectivity index (χ1v) is 12.0. The van der Waals surface area contributed by atoms with Gasteiger partial charge in [-0.15, -0.1) is 0 Å². The molecule has 1 aromatic heterocycles. The summed E-state index contributed by atoms with van der Waals surface area (Å²) in [5.41, 5.74) is 2.44. The molecule has 0 saturated carbocycles. The molecule has 0 aliphatic carbocycles. The van der Waals surface area contributed by atoms with Gasteiger partial charge in [-0.1, -0.05) is 36.4 Å². The van der Waals surface area contributed by atoms with Crippen molar-refractivity contribution in [1.29, 1.82) is 0 Å². The summed E-state index contributed by atoms with van der Waals surface area (Å²) in [5, 5.41) is 7.44. The van der Waals surface area contributed by atoms with Crippen LogP contribution in [0.5, 0.6) is 5.75 Å². The Balaban J connectivity index is 1.46. The number of ether oxygens (including phenoxy) is 2. The second-order valence-electron chi connectivity index (χ2n) is 8.66. The van der Waals surface area contributed by atoms with Crippen LogP contribution in [-0.4, -0.2) is 35.6 Å². The van der Waals surface area contributed by atoms with Gasteiger partial charge in [-0.2, -0.15) is 0 Å². The number of carbonyl (C=O) groups is 4.